The average Bonchev–Trinajstić information content (AvgIpc) is 3.46. The van der Waals surface area contributed by atoms with Crippen LogP contribution in [-0.4, -0.2) is 34.8 Å². The van der Waals surface area contributed by atoms with Crippen LogP contribution in [0.2, 0.25) is 0 Å². The molecular weight excluding hydrogens is 412 g/mol. The Kier molecular flexibility index (Phi) is 4.61. The number of ether oxygens (including phenoxy) is 1. The van der Waals surface area contributed by atoms with Crippen LogP contribution in [0.1, 0.15) is 38.2 Å². The molecule has 0 saturated heterocycles. The lowest BCUT2D eigenvalue weighted by atomic mass is 10.0. The maximum Gasteiger partial charge on any atom is 0.254 e. The summed E-state index contributed by atoms with van der Waals surface area (Å²) >= 11 is 0. The number of guanidine groups is 1. The number of amides is 1. The predicted molar refractivity (Wildman–Crippen MR) is 127 cm³/mol. The van der Waals surface area contributed by atoms with Crippen LogP contribution in [0.3, 0.4) is 0 Å². The number of nitrogens with two attached hydrogens (primary N) is 1. The second-order valence-electron chi connectivity index (χ2n) is 9.07. The van der Waals surface area contributed by atoms with Crippen LogP contribution in [0.5, 0.6) is 5.75 Å². The van der Waals surface area contributed by atoms with E-state index in [1.165, 1.54) is 11.1 Å². The lowest BCUT2D eigenvalue weighted by Crippen LogP contribution is -2.46. The number of carbonyl (C=O) groups is 1. The summed E-state index contributed by atoms with van der Waals surface area (Å²) in [5.41, 5.74) is 14.0. The third-order valence-electron chi connectivity index (χ3n) is 7.10. The van der Waals surface area contributed by atoms with Gasteiger partial charge in [0.05, 0.1) is 12.8 Å². The third kappa shape index (κ3) is 3.42. The van der Waals surface area contributed by atoms with E-state index in [9.17, 15) is 4.79 Å². The van der Waals surface area contributed by atoms with Crippen LogP contribution >= 0.6 is 0 Å². The molecule has 2 heterocycles. The van der Waals surface area contributed by atoms with Gasteiger partial charge >= 0.3 is 0 Å². The van der Waals surface area contributed by atoms with E-state index >= 15 is 0 Å². The molecule has 0 radical (unpaired) electrons. The summed E-state index contributed by atoms with van der Waals surface area (Å²) in [5, 5.41) is 0. The second-order valence-corrected chi connectivity index (χ2v) is 9.07. The first-order valence-electron chi connectivity index (χ1n) is 11.3. The maximum atomic E-state index is 13.2. The van der Waals surface area contributed by atoms with Gasteiger partial charge in [-0.3, -0.25) is 4.79 Å². The normalized spacial score (nSPS) is 16.8. The topological polar surface area (TPSA) is 71.2 Å². The van der Waals surface area contributed by atoms with Gasteiger partial charge in [0, 0.05) is 31.2 Å². The zero-order chi connectivity index (χ0) is 22.5. The van der Waals surface area contributed by atoms with E-state index in [-0.39, 0.29) is 5.91 Å². The molecule has 1 aliphatic carbocycles. The molecule has 6 heteroatoms. The van der Waals surface area contributed by atoms with Crippen molar-refractivity contribution in [1.29, 1.82) is 0 Å². The zero-order valence-electron chi connectivity index (χ0n) is 18.6. The Labute approximate surface area is 193 Å². The molecule has 33 heavy (non-hydrogen) atoms. The number of aliphatic imine (C=N–C) groups is 1. The number of benzene rings is 3. The molecule has 6 nitrogen and oxygen atoms in total. The molecule has 3 aromatic carbocycles. The summed E-state index contributed by atoms with van der Waals surface area (Å²) in [6, 6.07) is 20.7. The van der Waals surface area contributed by atoms with Crippen molar-refractivity contribution < 1.29 is 9.53 Å². The molecule has 0 fully saturated rings. The number of rotatable bonds is 3. The molecule has 0 saturated carbocycles. The van der Waals surface area contributed by atoms with Crippen molar-refractivity contribution in [2.24, 2.45) is 10.7 Å². The Morgan fingerprint density at radius 3 is 2.39 bits per heavy atom. The molecule has 3 aliphatic rings. The summed E-state index contributed by atoms with van der Waals surface area (Å²) in [6.45, 7) is 1.91. The van der Waals surface area contributed by atoms with Gasteiger partial charge in [0.1, 0.15) is 5.75 Å². The lowest BCUT2D eigenvalue weighted by Gasteiger charge is -2.33. The van der Waals surface area contributed by atoms with Crippen LogP contribution < -0.4 is 10.5 Å². The van der Waals surface area contributed by atoms with E-state index in [2.05, 4.69) is 29.2 Å². The highest BCUT2D eigenvalue weighted by molar-refractivity contribution is 5.96. The van der Waals surface area contributed by atoms with E-state index in [1.807, 2.05) is 41.3 Å². The van der Waals surface area contributed by atoms with E-state index in [0.717, 1.165) is 41.0 Å². The van der Waals surface area contributed by atoms with Crippen LogP contribution in [0.4, 0.5) is 5.69 Å². The van der Waals surface area contributed by atoms with E-state index in [0.29, 0.717) is 37.2 Å². The third-order valence-corrected chi connectivity index (χ3v) is 7.10. The Hall–Kier alpha value is -3.80. The molecular formula is C27H26N4O2. The van der Waals surface area contributed by atoms with Gasteiger partial charge in [-0.25, -0.2) is 4.99 Å². The quantitative estimate of drug-likeness (QED) is 0.676. The predicted octanol–water partition coefficient (Wildman–Crippen LogP) is 3.78. The molecule has 0 unspecified atom stereocenters. The first kappa shape index (κ1) is 19.9. The average molecular weight is 439 g/mol. The van der Waals surface area contributed by atoms with Crippen molar-refractivity contribution in [1.82, 2.24) is 9.80 Å². The second kappa shape index (κ2) is 7.66. The van der Waals surface area contributed by atoms with E-state index in [4.69, 9.17) is 15.5 Å². The minimum absolute atomic E-state index is 0.00964. The van der Waals surface area contributed by atoms with E-state index in [1.54, 1.807) is 7.11 Å². The highest BCUT2D eigenvalue weighted by Gasteiger charge is 2.31. The van der Waals surface area contributed by atoms with Gasteiger partial charge in [-0.05, 0) is 64.9 Å². The zero-order valence-corrected chi connectivity index (χ0v) is 18.6. The molecule has 0 spiro atoms. The summed E-state index contributed by atoms with van der Waals surface area (Å²) in [4.78, 5) is 22.0. The summed E-state index contributed by atoms with van der Waals surface area (Å²) < 4.78 is 5.32. The maximum absolute atomic E-state index is 13.2. The highest BCUT2D eigenvalue weighted by Crippen LogP contribution is 2.33. The molecule has 3 aromatic rings. The van der Waals surface area contributed by atoms with Gasteiger partial charge in [0.25, 0.3) is 5.91 Å². The van der Waals surface area contributed by atoms with Crippen molar-refractivity contribution >= 4 is 17.6 Å². The van der Waals surface area contributed by atoms with Crippen LogP contribution in [0, 0.1) is 0 Å². The van der Waals surface area contributed by atoms with Crippen molar-refractivity contribution in [2.75, 3.05) is 7.11 Å². The molecule has 6 rings (SSSR count). The largest absolute Gasteiger partial charge is 0.497 e. The minimum atomic E-state index is 0.00964. The molecule has 166 valence electrons. The fourth-order valence-electron chi connectivity index (χ4n) is 5.28. The fourth-order valence-corrected chi connectivity index (χ4v) is 5.28. The molecule has 2 N–H and O–H groups in total. The summed E-state index contributed by atoms with van der Waals surface area (Å²) in [7, 11) is 1.66. The minimum Gasteiger partial charge on any atom is -0.497 e. The number of fused-ring (bicyclic) bond motifs is 3. The summed E-state index contributed by atoms with van der Waals surface area (Å²) in [6.07, 6.45) is 1.97. The van der Waals surface area contributed by atoms with Crippen LogP contribution in [0.25, 0.3) is 0 Å². The molecule has 1 amide bonds. The van der Waals surface area contributed by atoms with Gasteiger partial charge in [-0.2, -0.15) is 0 Å². The van der Waals surface area contributed by atoms with Gasteiger partial charge in [-0.1, -0.05) is 36.4 Å². The Morgan fingerprint density at radius 1 is 0.909 bits per heavy atom. The molecule has 2 aliphatic heterocycles. The van der Waals surface area contributed by atoms with E-state index < -0.39 is 0 Å². The number of hydrogen-bond donors (Lipinski definition) is 1. The Bertz CT molecular complexity index is 1270. The summed E-state index contributed by atoms with van der Waals surface area (Å²) in [5.74, 6) is 1.36. The standard InChI is InChI=1S/C27H26N4O2/c1-33-24-9-8-20-14-30(15-22(20)12-24)26(32)19-6-7-21-16-31(27(28)29-25(21)13-19)23-10-17-4-2-3-5-18(17)11-23/h2-9,12-13,23H,10-11,14-16H2,1H3,(H2,28,29). The van der Waals surface area contributed by atoms with Crippen molar-refractivity contribution in [3.05, 3.63) is 94.0 Å². The highest BCUT2D eigenvalue weighted by atomic mass is 16.5. The number of methoxy groups -OCH3 is 1. The lowest BCUT2D eigenvalue weighted by molar-refractivity contribution is 0.0751. The van der Waals surface area contributed by atoms with Gasteiger partial charge < -0.3 is 20.3 Å². The Balaban J connectivity index is 1.20. The molecule has 0 aromatic heterocycles. The van der Waals surface area contributed by atoms with Crippen molar-refractivity contribution in [3.8, 4) is 5.75 Å². The SMILES string of the molecule is COc1ccc2c(c1)CN(C(=O)c1ccc3c(c1)N=C(N)N(C1Cc4ccccc4C1)C3)C2. The van der Waals surface area contributed by atoms with Gasteiger partial charge in [0.15, 0.2) is 5.96 Å². The van der Waals surface area contributed by atoms with Crippen molar-refractivity contribution in [2.45, 2.75) is 38.5 Å². The van der Waals surface area contributed by atoms with Crippen molar-refractivity contribution in [3.63, 3.8) is 0 Å². The molecule has 0 atom stereocenters. The monoisotopic (exact) mass is 438 g/mol. The van der Waals surface area contributed by atoms with Crippen LogP contribution in [0.15, 0.2) is 65.7 Å². The number of nitrogens with zero attached hydrogens (tertiary/aromatic N) is 3. The first-order valence-corrected chi connectivity index (χ1v) is 11.3. The van der Waals surface area contributed by atoms with Crippen LogP contribution in [-0.2, 0) is 32.5 Å². The van der Waals surface area contributed by atoms with Gasteiger partial charge in [-0.15, -0.1) is 0 Å². The molecule has 0 bridgehead atoms. The number of hydrogen-bond acceptors (Lipinski definition) is 5. The Morgan fingerprint density at radius 2 is 1.64 bits per heavy atom. The smallest absolute Gasteiger partial charge is 0.254 e. The van der Waals surface area contributed by atoms with Gasteiger partial charge in [0.2, 0.25) is 0 Å². The number of carbonyl (C=O) groups excluding carboxylic acids is 1. The fraction of sp³-hybridized carbons (Fsp3) is 0.259. The first-order chi connectivity index (χ1) is 16.1.